The van der Waals surface area contributed by atoms with Crippen molar-refractivity contribution < 1.29 is 4.74 Å². The molecule has 94 valence electrons. The lowest BCUT2D eigenvalue weighted by atomic mass is 10.2. The first-order valence-corrected chi connectivity index (χ1v) is 6.72. The lowest BCUT2D eigenvalue weighted by Crippen LogP contribution is -2.02. The van der Waals surface area contributed by atoms with Crippen molar-refractivity contribution in [2.75, 3.05) is 0 Å². The molecule has 0 saturated heterocycles. The molecule has 0 amide bonds. The molecule has 0 aliphatic carbocycles. The molecule has 0 atom stereocenters. The molecule has 0 unspecified atom stereocenters. The van der Waals surface area contributed by atoms with Gasteiger partial charge >= 0.3 is 0 Å². The molecule has 2 aromatic rings. The minimum Gasteiger partial charge on any atom is -0.489 e. The van der Waals surface area contributed by atoms with Gasteiger partial charge in [-0.25, -0.2) is 0 Å². The Kier molecular flexibility index (Phi) is 4.64. The van der Waals surface area contributed by atoms with E-state index in [0.717, 1.165) is 21.3 Å². The van der Waals surface area contributed by atoms with Gasteiger partial charge in [0.05, 0.1) is 0 Å². The molecular weight excluding hydrogens is 314 g/mol. The lowest BCUT2D eigenvalue weighted by Gasteiger charge is -2.11. The van der Waals surface area contributed by atoms with E-state index in [4.69, 9.17) is 22.1 Å². The Bertz CT molecular complexity index is 545. The summed E-state index contributed by atoms with van der Waals surface area (Å²) in [6.07, 6.45) is 0. The first-order chi connectivity index (χ1) is 8.69. The minimum absolute atomic E-state index is 0.449. The number of ether oxygens (including phenoxy) is 1. The zero-order valence-electron chi connectivity index (χ0n) is 9.70. The van der Waals surface area contributed by atoms with Gasteiger partial charge in [-0.1, -0.05) is 39.7 Å². The van der Waals surface area contributed by atoms with Crippen molar-refractivity contribution in [2.24, 2.45) is 5.73 Å². The summed E-state index contributed by atoms with van der Waals surface area (Å²) in [5, 5.41) is 0.714. The highest BCUT2D eigenvalue weighted by Gasteiger charge is 2.03. The van der Waals surface area contributed by atoms with Gasteiger partial charge in [-0.2, -0.15) is 0 Å². The highest BCUT2D eigenvalue weighted by Crippen LogP contribution is 2.24. The van der Waals surface area contributed by atoms with Crippen LogP contribution in [0.4, 0.5) is 0 Å². The molecule has 2 aromatic carbocycles. The summed E-state index contributed by atoms with van der Waals surface area (Å²) in [5.41, 5.74) is 7.70. The summed E-state index contributed by atoms with van der Waals surface area (Å²) in [6.45, 7) is 0.930. The van der Waals surface area contributed by atoms with Crippen LogP contribution in [-0.4, -0.2) is 0 Å². The van der Waals surface area contributed by atoms with Crippen molar-refractivity contribution in [1.82, 2.24) is 0 Å². The molecule has 0 aliphatic heterocycles. The van der Waals surface area contributed by atoms with Gasteiger partial charge in [-0.05, 0) is 35.9 Å². The second-order valence-electron chi connectivity index (χ2n) is 3.87. The average molecular weight is 327 g/mol. The third-order valence-corrected chi connectivity index (χ3v) is 3.25. The quantitative estimate of drug-likeness (QED) is 0.916. The SMILES string of the molecule is NCc1cc(Br)ccc1OCc1cccc(Cl)c1. The van der Waals surface area contributed by atoms with Crippen molar-refractivity contribution in [3.8, 4) is 5.75 Å². The molecule has 0 aromatic heterocycles. The second-order valence-corrected chi connectivity index (χ2v) is 5.23. The van der Waals surface area contributed by atoms with Crippen LogP contribution >= 0.6 is 27.5 Å². The molecule has 18 heavy (non-hydrogen) atoms. The fraction of sp³-hybridized carbons (Fsp3) is 0.143. The molecule has 0 spiro atoms. The number of hydrogen-bond acceptors (Lipinski definition) is 2. The first kappa shape index (κ1) is 13.4. The average Bonchev–Trinajstić information content (AvgIpc) is 2.37. The van der Waals surface area contributed by atoms with E-state index in [1.165, 1.54) is 0 Å². The maximum atomic E-state index is 5.92. The summed E-state index contributed by atoms with van der Waals surface area (Å²) in [6, 6.07) is 13.4. The molecule has 2 rings (SSSR count). The summed E-state index contributed by atoms with van der Waals surface area (Å²) >= 11 is 9.34. The fourth-order valence-electron chi connectivity index (χ4n) is 1.64. The maximum Gasteiger partial charge on any atom is 0.124 e. The zero-order chi connectivity index (χ0) is 13.0. The third-order valence-electron chi connectivity index (χ3n) is 2.53. The third kappa shape index (κ3) is 3.48. The van der Waals surface area contributed by atoms with E-state index in [1.807, 2.05) is 42.5 Å². The van der Waals surface area contributed by atoms with Crippen molar-refractivity contribution in [3.05, 3.63) is 63.1 Å². The van der Waals surface area contributed by atoms with E-state index in [1.54, 1.807) is 0 Å². The molecule has 0 bridgehead atoms. The van der Waals surface area contributed by atoms with Crippen LogP contribution in [0.2, 0.25) is 5.02 Å². The summed E-state index contributed by atoms with van der Waals surface area (Å²) in [5.74, 6) is 0.806. The van der Waals surface area contributed by atoms with Crippen LogP contribution in [0.5, 0.6) is 5.75 Å². The number of benzene rings is 2. The Morgan fingerprint density at radius 3 is 2.72 bits per heavy atom. The topological polar surface area (TPSA) is 35.2 Å². The van der Waals surface area contributed by atoms with Crippen molar-refractivity contribution in [3.63, 3.8) is 0 Å². The van der Waals surface area contributed by atoms with Gasteiger partial charge in [0.2, 0.25) is 0 Å². The molecule has 2 nitrogen and oxygen atoms in total. The smallest absolute Gasteiger partial charge is 0.124 e. The van der Waals surface area contributed by atoms with Gasteiger partial charge in [0.15, 0.2) is 0 Å². The van der Waals surface area contributed by atoms with Gasteiger partial charge in [-0.15, -0.1) is 0 Å². The Labute approximate surface area is 120 Å². The van der Waals surface area contributed by atoms with Gasteiger partial charge in [0.25, 0.3) is 0 Å². The number of nitrogens with two attached hydrogens (primary N) is 1. The van der Waals surface area contributed by atoms with E-state index in [2.05, 4.69) is 15.9 Å². The lowest BCUT2D eigenvalue weighted by molar-refractivity contribution is 0.303. The number of hydrogen-bond donors (Lipinski definition) is 1. The van der Waals surface area contributed by atoms with Crippen molar-refractivity contribution in [2.45, 2.75) is 13.2 Å². The van der Waals surface area contributed by atoms with Crippen LogP contribution in [0.15, 0.2) is 46.9 Å². The van der Waals surface area contributed by atoms with Gasteiger partial charge in [0, 0.05) is 21.6 Å². The Morgan fingerprint density at radius 1 is 1.17 bits per heavy atom. The van der Waals surface area contributed by atoms with Crippen LogP contribution in [0, 0.1) is 0 Å². The Morgan fingerprint density at radius 2 is 2.00 bits per heavy atom. The minimum atomic E-state index is 0.449. The number of rotatable bonds is 4. The first-order valence-electron chi connectivity index (χ1n) is 5.55. The molecule has 2 N–H and O–H groups in total. The van der Waals surface area contributed by atoms with E-state index < -0.39 is 0 Å². The van der Waals surface area contributed by atoms with Crippen LogP contribution in [0.1, 0.15) is 11.1 Å². The van der Waals surface area contributed by atoms with E-state index in [-0.39, 0.29) is 0 Å². The Hall–Kier alpha value is -1.03. The highest BCUT2D eigenvalue weighted by molar-refractivity contribution is 9.10. The van der Waals surface area contributed by atoms with Crippen LogP contribution < -0.4 is 10.5 Å². The maximum absolute atomic E-state index is 5.92. The fourth-order valence-corrected chi connectivity index (χ4v) is 2.26. The summed E-state index contributed by atoms with van der Waals surface area (Å²) in [4.78, 5) is 0. The van der Waals surface area contributed by atoms with Gasteiger partial charge in [0.1, 0.15) is 12.4 Å². The Balaban J connectivity index is 2.10. The predicted octanol–water partition coefficient (Wildman–Crippen LogP) is 4.14. The monoisotopic (exact) mass is 325 g/mol. The van der Waals surface area contributed by atoms with Crippen LogP contribution in [-0.2, 0) is 13.2 Å². The van der Waals surface area contributed by atoms with E-state index in [9.17, 15) is 0 Å². The summed E-state index contributed by atoms with van der Waals surface area (Å²) < 4.78 is 6.76. The molecule has 4 heteroatoms. The zero-order valence-corrected chi connectivity index (χ0v) is 12.0. The van der Waals surface area contributed by atoms with E-state index in [0.29, 0.717) is 18.2 Å². The highest BCUT2D eigenvalue weighted by atomic mass is 79.9. The van der Waals surface area contributed by atoms with Crippen LogP contribution in [0.3, 0.4) is 0 Å². The van der Waals surface area contributed by atoms with Gasteiger partial charge in [-0.3, -0.25) is 0 Å². The molecular formula is C14H13BrClNO. The predicted molar refractivity (Wildman–Crippen MR) is 77.8 cm³/mol. The normalized spacial score (nSPS) is 10.4. The summed E-state index contributed by atoms with van der Waals surface area (Å²) in [7, 11) is 0. The number of halogens is 2. The molecule has 0 radical (unpaired) electrons. The molecule has 0 saturated carbocycles. The van der Waals surface area contributed by atoms with Gasteiger partial charge < -0.3 is 10.5 Å². The largest absolute Gasteiger partial charge is 0.489 e. The van der Waals surface area contributed by atoms with E-state index >= 15 is 0 Å². The molecule has 0 aliphatic rings. The van der Waals surface area contributed by atoms with Crippen molar-refractivity contribution >= 4 is 27.5 Å². The van der Waals surface area contributed by atoms with Crippen molar-refractivity contribution in [1.29, 1.82) is 0 Å². The standard InChI is InChI=1S/C14H13BrClNO/c15-12-4-5-14(11(7-12)8-17)18-9-10-2-1-3-13(16)6-10/h1-7H,8-9,17H2. The van der Waals surface area contributed by atoms with Crippen LogP contribution in [0.25, 0.3) is 0 Å². The molecule has 0 heterocycles. The molecule has 0 fully saturated rings. The second kappa shape index (κ2) is 6.23.